The lowest BCUT2D eigenvalue weighted by atomic mass is 10.2. The topological polar surface area (TPSA) is 64.1 Å². The quantitative estimate of drug-likeness (QED) is 0.446. The first kappa shape index (κ1) is 19.4. The summed E-state index contributed by atoms with van der Waals surface area (Å²) in [6, 6.07) is 13.0. The lowest BCUT2D eigenvalue weighted by Gasteiger charge is -2.03. The average molecular weight is 407 g/mol. The second kappa shape index (κ2) is 9.54. The largest absolute Gasteiger partial charge is 0.367 e. The van der Waals surface area contributed by atoms with Crippen LogP contribution >= 0.6 is 23.1 Å². The molecular weight excluding hydrogens is 392 g/mol. The number of carbonyl (C=O) groups excluding carboxylic acids is 1. The van der Waals surface area contributed by atoms with E-state index in [1.165, 1.54) is 35.2 Å². The molecule has 0 bridgehead atoms. The van der Waals surface area contributed by atoms with Gasteiger partial charge in [-0.15, -0.1) is 10.2 Å². The van der Waals surface area contributed by atoms with Gasteiger partial charge in [0.1, 0.15) is 18.2 Å². The number of anilines is 1. The van der Waals surface area contributed by atoms with Crippen molar-refractivity contribution in [3.05, 3.63) is 71.3 Å². The van der Waals surface area contributed by atoms with Crippen LogP contribution in [0.4, 0.5) is 13.9 Å². The van der Waals surface area contributed by atoms with Crippen molar-refractivity contribution in [2.45, 2.75) is 16.7 Å². The van der Waals surface area contributed by atoms with E-state index in [1.807, 2.05) is 30.3 Å². The standard InChI is InChI=1S/C18H15F2N3O2S2/c19-14-7-6-13(15(20)8-14)11-26-18-23-22-17(27-18)21-16(24)10-25-9-12-4-2-1-3-5-12/h1-8H,9-11H2,(H,21,22,24). The van der Waals surface area contributed by atoms with Gasteiger partial charge in [-0.1, -0.05) is 59.5 Å². The van der Waals surface area contributed by atoms with E-state index < -0.39 is 11.6 Å². The third-order valence-electron chi connectivity index (χ3n) is 3.36. The van der Waals surface area contributed by atoms with Gasteiger partial charge in [-0.25, -0.2) is 8.78 Å². The van der Waals surface area contributed by atoms with Crippen molar-refractivity contribution in [1.82, 2.24) is 10.2 Å². The zero-order valence-corrected chi connectivity index (χ0v) is 15.7. The first-order valence-electron chi connectivity index (χ1n) is 7.92. The van der Waals surface area contributed by atoms with Crippen LogP contribution in [-0.4, -0.2) is 22.7 Å². The summed E-state index contributed by atoms with van der Waals surface area (Å²) in [5.41, 5.74) is 1.35. The third-order valence-corrected chi connectivity index (χ3v) is 5.38. The summed E-state index contributed by atoms with van der Waals surface area (Å²) in [7, 11) is 0. The molecule has 1 aromatic heterocycles. The minimum Gasteiger partial charge on any atom is -0.367 e. The van der Waals surface area contributed by atoms with E-state index in [0.717, 1.165) is 11.6 Å². The van der Waals surface area contributed by atoms with E-state index in [1.54, 1.807) is 0 Å². The van der Waals surface area contributed by atoms with E-state index in [9.17, 15) is 13.6 Å². The molecule has 0 saturated carbocycles. The Morgan fingerprint density at radius 1 is 1.15 bits per heavy atom. The molecule has 1 N–H and O–H groups in total. The van der Waals surface area contributed by atoms with E-state index in [4.69, 9.17) is 4.74 Å². The molecule has 27 heavy (non-hydrogen) atoms. The maximum absolute atomic E-state index is 13.6. The molecule has 0 unspecified atom stereocenters. The number of aromatic nitrogens is 2. The van der Waals surface area contributed by atoms with Gasteiger partial charge in [-0.3, -0.25) is 10.1 Å². The Labute approximate surface area is 162 Å². The fraction of sp³-hybridized carbons (Fsp3) is 0.167. The number of carbonyl (C=O) groups is 1. The number of thioether (sulfide) groups is 1. The number of halogens is 2. The highest BCUT2D eigenvalue weighted by Crippen LogP contribution is 2.29. The summed E-state index contributed by atoms with van der Waals surface area (Å²) in [4.78, 5) is 11.9. The van der Waals surface area contributed by atoms with E-state index in [-0.39, 0.29) is 18.3 Å². The Bertz CT molecular complexity index is 907. The number of nitrogens with one attached hydrogen (secondary N) is 1. The van der Waals surface area contributed by atoms with Gasteiger partial charge in [0.15, 0.2) is 4.34 Å². The van der Waals surface area contributed by atoms with Crippen LogP contribution < -0.4 is 5.32 Å². The summed E-state index contributed by atoms with van der Waals surface area (Å²) in [6.45, 7) is 0.243. The van der Waals surface area contributed by atoms with E-state index in [2.05, 4.69) is 15.5 Å². The van der Waals surface area contributed by atoms with Crippen molar-refractivity contribution in [1.29, 1.82) is 0 Å². The zero-order chi connectivity index (χ0) is 19.1. The molecule has 0 saturated heterocycles. The molecular formula is C18H15F2N3O2S2. The van der Waals surface area contributed by atoms with Crippen molar-refractivity contribution >= 4 is 34.1 Å². The summed E-state index contributed by atoms with van der Waals surface area (Å²) >= 11 is 2.43. The molecule has 3 rings (SSSR count). The van der Waals surface area contributed by atoms with Crippen LogP contribution in [0.5, 0.6) is 0 Å². The molecule has 0 aliphatic heterocycles. The van der Waals surface area contributed by atoms with Crippen molar-refractivity contribution < 1.29 is 18.3 Å². The number of hydrogen-bond donors (Lipinski definition) is 1. The predicted octanol–water partition coefficient (Wildman–Crippen LogP) is 4.26. The van der Waals surface area contributed by atoms with E-state index >= 15 is 0 Å². The second-order valence-electron chi connectivity index (χ2n) is 5.42. The number of amides is 1. The fourth-order valence-electron chi connectivity index (χ4n) is 2.09. The maximum atomic E-state index is 13.6. The van der Waals surface area contributed by atoms with Gasteiger partial charge < -0.3 is 4.74 Å². The van der Waals surface area contributed by atoms with Gasteiger partial charge in [0, 0.05) is 11.8 Å². The van der Waals surface area contributed by atoms with Crippen molar-refractivity contribution in [2.75, 3.05) is 11.9 Å². The summed E-state index contributed by atoms with van der Waals surface area (Å²) in [5, 5.41) is 10.8. The van der Waals surface area contributed by atoms with Crippen LogP contribution in [0.1, 0.15) is 11.1 Å². The molecule has 0 radical (unpaired) electrons. The Morgan fingerprint density at radius 2 is 1.96 bits per heavy atom. The van der Waals surface area contributed by atoms with Gasteiger partial charge in [0.05, 0.1) is 6.61 Å². The highest BCUT2D eigenvalue weighted by molar-refractivity contribution is 8.00. The molecule has 0 spiro atoms. The average Bonchev–Trinajstić information content (AvgIpc) is 3.09. The Balaban J connectivity index is 1.43. The number of rotatable bonds is 8. The third kappa shape index (κ3) is 6.09. The monoisotopic (exact) mass is 407 g/mol. The zero-order valence-electron chi connectivity index (χ0n) is 14.0. The number of hydrogen-bond acceptors (Lipinski definition) is 6. The minimum absolute atomic E-state index is 0.0995. The maximum Gasteiger partial charge on any atom is 0.252 e. The molecule has 0 atom stereocenters. The smallest absolute Gasteiger partial charge is 0.252 e. The second-order valence-corrected chi connectivity index (χ2v) is 7.62. The summed E-state index contributed by atoms with van der Waals surface area (Å²) < 4.78 is 32.4. The minimum atomic E-state index is -0.614. The molecule has 2 aromatic carbocycles. The first-order chi connectivity index (χ1) is 13.1. The Morgan fingerprint density at radius 3 is 2.74 bits per heavy atom. The van der Waals surface area contributed by atoms with Gasteiger partial charge in [-0.2, -0.15) is 0 Å². The molecule has 1 amide bonds. The molecule has 0 aliphatic rings. The van der Waals surface area contributed by atoms with Gasteiger partial charge in [-0.05, 0) is 17.2 Å². The summed E-state index contributed by atoms with van der Waals surface area (Å²) in [5.74, 6) is -1.26. The molecule has 140 valence electrons. The molecule has 0 fully saturated rings. The Kier molecular flexibility index (Phi) is 6.86. The Hall–Kier alpha value is -2.36. The molecule has 3 aromatic rings. The van der Waals surface area contributed by atoms with Gasteiger partial charge in [0.2, 0.25) is 5.13 Å². The van der Waals surface area contributed by atoms with E-state index in [0.29, 0.717) is 21.6 Å². The highest BCUT2D eigenvalue weighted by atomic mass is 32.2. The molecule has 9 heteroatoms. The molecule has 1 heterocycles. The van der Waals surface area contributed by atoms with Crippen LogP contribution in [0, 0.1) is 11.6 Å². The van der Waals surface area contributed by atoms with Crippen LogP contribution in [-0.2, 0) is 21.9 Å². The molecule has 0 aliphatic carbocycles. The number of benzene rings is 2. The SMILES string of the molecule is O=C(COCc1ccccc1)Nc1nnc(SCc2ccc(F)cc2F)s1. The molecule has 5 nitrogen and oxygen atoms in total. The summed E-state index contributed by atoms with van der Waals surface area (Å²) in [6.07, 6.45) is 0. The lowest BCUT2D eigenvalue weighted by Crippen LogP contribution is -2.18. The number of ether oxygens (including phenoxy) is 1. The van der Waals surface area contributed by atoms with Gasteiger partial charge in [0.25, 0.3) is 5.91 Å². The van der Waals surface area contributed by atoms with Gasteiger partial charge >= 0.3 is 0 Å². The van der Waals surface area contributed by atoms with Crippen LogP contribution in [0.3, 0.4) is 0 Å². The van der Waals surface area contributed by atoms with Crippen molar-refractivity contribution in [3.63, 3.8) is 0 Å². The highest BCUT2D eigenvalue weighted by Gasteiger charge is 2.11. The normalized spacial score (nSPS) is 10.7. The predicted molar refractivity (Wildman–Crippen MR) is 101 cm³/mol. The van der Waals surface area contributed by atoms with Crippen LogP contribution in [0.25, 0.3) is 0 Å². The lowest BCUT2D eigenvalue weighted by molar-refractivity contribution is -0.121. The van der Waals surface area contributed by atoms with Crippen molar-refractivity contribution in [2.24, 2.45) is 0 Å². The van der Waals surface area contributed by atoms with Crippen LogP contribution in [0.15, 0.2) is 52.9 Å². The number of nitrogens with zero attached hydrogens (tertiary/aromatic N) is 2. The fourth-order valence-corrected chi connectivity index (χ4v) is 3.84. The van der Waals surface area contributed by atoms with Crippen molar-refractivity contribution in [3.8, 4) is 0 Å². The van der Waals surface area contributed by atoms with Crippen LogP contribution in [0.2, 0.25) is 0 Å². The first-order valence-corrected chi connectivity index (χ1v) is 9.72.